The molecule has 0 aromatic heterocycles. The minimum absolute atomic E-state index is 0.234. The third-order valence-corrected chi connectivity index (χ3v) is 1.64. The van der Waals surface area contributed by atoms with Crippen LogP contribution in [0.1, 0.15) is 13.8 Å². The molecule has 3 heteroatoms. The summed E-state index contributed by atoms with van der Waals surface area (Å²) in [5.41, 5.74) is 0. The normalized spacial score (nSPS) is 12.9. The Morgan fingerprint density at radius 3 is 2.07 bits per heavy atom. The lowest BCUT2D eigenvalue weighted by Gasteiger charge is -2.11. The fourth-order valence-corrected chi connectivity index (χ4v) is 0.989. The maximum absolute atomic E-state index is 5.32. The van der Waals surface area contributed by atoms with Crippen molar-refractivity contribution in [3.63, 3.8) is 0 Å². The fraction of sp³-hybridized carbons (Fsp3) is 0.455. The molecule has 0 radical (unpaired) electrons. The average molecular weight is 261 g/mol. The molecule has 0 rings (SSSR count). The summed E-state index contributed by atoms with van der Waals surface area (Å²) >= 11 is 3.17. The largest absolute Gasteiger partial charge is 0.349 e. The second kappa shape index (κ2) is 10.7. The van der Waals surface area contributed by atoms with Crippen LogP contribution < -0.4 is 0 Å². The van der Waals surface area contributed by atoms with Crippen molar-refractivity contribution < 1.29 is 9.47 Å². The standard InChI is InChI=1S/C11H17BrO2/c1-3-13-11(14-4-2)9-7-5-6-8-10-12/h5-11H,3-4H2,1-2H3/b6-5+,9-7-,10-8+. The third kappa shape index (κ3) is 8.23. The van der Waals surface area contributed by atoms with Crippen LogP contribution in [0.2, 0.25) is 0 Å². The highest BCUT2D eigenvalue weighted by atomic mass is 79.9. The molecule has 14 heavy (non-hydrogen) atoms. The number of halogens is 1. The summed E-state index contributed by atoms with van der Waals surface area (Å²) in [5, 5.41) is 0. The molecule has 0 saturated heterocycles. The molecule has 0 aromatic carbocycles. The van der Waals surface area contributed by atoms with E-state index in [2.05, 4.69) is 15.9 Å². The van der Waals surface area contributed by atoms with E-state index in [1.54, 1.807) is 4.99 Å². The van der Waals surface area contributed by atoms with Crippen molar-refractivity contribution >= 4 is 15.9 Å². The predicted octanol–water partition coefficient (Wildman–Crippen LogP) is 3.41. The molecule has 0 aliphatic heterocycles. The lowest BCUT2D eigenvalue weighted by molar-refractivity contribution is -0.103. The van der Waals surface area contributed by atoms with Gasteiger partial charge in [0.2, 0.25) is 0 Å². The second-order valence-electron chi connectivity index (χ2n) is 2.37. The summed E-state index contributed by atoms with van der Waals surface area (Å²) in [4.78, 5) is 1.79. The molecule has 0 aliphatic rings. The first kappa shape index (κ1) is 13.6. The number of allylic oxidation sites excluding steroid dienone is 4. The van der Waals surface area contributed by atoms with Crippen molar-refractivity contribution in [2.24, 2.45) is 0 Å². The highest BCUT2D eigenvalue weighted by molar-refractivity contribution is 9.11. The molecular formula is C11H17BrO2. The minimum atomic E-state index is -0.234. The molecule has 0 fully saturated rings. The van der Waals surface area contributed by atoms with E-state index in [0.29, 0.717) is 13.2 Å². The highest BCUT2D eigenvalue weighted by Gasteiger charge is 1.99. The molecule has 0 saturated carbocycles. The van der Waals surface area contributed by atoms with Gasteiger partial charge in [-0.2, -0.15) is 0 Å². The zero-order valence-corrected chi connectivity index (χ0v) is 10.2. The maximum Gasteiger partial charge on any atom is 0.177 e. The van der Waals surface area contributed by atoms with E-state index in [1.165, 1.54) is 0 Å². The molecule has 0 aliphatic carbocycles. The van der Waals surface area contributed by atoms with Gasteiger partial charge in [0.15, 0.2) is 6.29 Å². The Hall–Kier alpha value is -0.380. The van der Waals surface area contributed by atoms with Gasteiger partial charge in [-0.1, -0.05) is 40.2 Å². The summed E-state index contributed by atoms with van der Waals surface area (Å²) in [5.74, 6) is 0. The number of rotatable bonds is 7. The summed E-state index contributed by atoms with van der Waals surface area (Å²) in [6.07, 6.45) is 9.28. The van der Waals surface area contributed by atoms with Crippen molar-refractivity contribution in [3.8, 4) is 0 Å². The Bertz CT molecular complexity index is 191. The van der Waals surface area contributed by atoms with E-state index in [4.69, 9.17) is 9.47 Å². The van der Waals surface area contributed by atoms with E-state index in [-0.39, 0.29) is 6.29 Å². The van der Waals surface area contributed by atoms with Gasteiger partial charge in [-0.05, 0) is 24.9 Å². The van der Waals surface area contributed by atoms with Crippen LogP contribution in [0, 0.1) is 0 Å². The molecular weight excluding hydrogens is 244 g/mol. The van der Waals surface area contributed by atoms with Gasteiger partial charge >= 0.3 is 0 Å². The minimum Gasteiger partial charge on any atom is -0.349 e. The molecule has 2 nitrogen and oxygen atoms in total. The van der Waals surface area contributed by atoms with Crippen LogP contribution in [0.15, 0.2) is 35.4 Å². The smallest absolute Gasteiger partial charge is 0.177 e. The van der Waals surface area contributed by atoms with E-state index >= 15 is 0 Å². The molecule has 0 heterocycles. The van der Waals surface area contributed by atoms with Crippen LogP contribution in [0.3, 0.4) is 0 Å². The monoisotopic (exact) mass is 260 g/mol. The van der Waals surface area contributed by atoms with Crippen LogP contribution in [-0.4, -0.2) is 19.5 Å². The number of ether oxygens (including phenoxy) is 2. The summed E-state index contributed by atoms with van der Waals surface area (Å²) in [7, 11) is 0. The van der Waals surface area contributed by atoms with Crippen molar-refractivity contribution in [1.29, 1.82) is 0 Å². The van der Waals surface area contributed by atoms with Gasteiger partial charge in [-0.25, -0.2) is 0 Å². The second-order valence-corrected chi connectivity index (χ2v) is 2.90. The van der Waals surface area contributed by atoms with Gasteiger partial charge in [0.1, 0.15) is 0 Å². The van der Waals surface area contributed by atoms with E-state index in [1.807, 2.05) is 44.2 Å². The van der Waals surface area contributed by atoms with Crippen LogP contribution in [0.4, 0.5) is 0 Å². The van der Waals surface area contributed by atoms with Crippen molar-refractivity contribution in [1.82, 2.24) is 0 Å². The van der Waals surface area contributed by atoms with E-state index in [9.17, 15) is 0 Å². The lowest BCUT2D eigenvalue weighted by Crippen LogP contribution is -2.13. The Labute approximate surface area is 94.4 Å². The van der Waals surface area contributed by atoms with E-state index in [0.717, 1.165) is 0 Å². The Balaban J connectivity index is 3.87. The molecule has 0 N–H and O–H groups in total. The van der Waals surface area contributed by atoms with Crippen molar-refractivity contribution in [2.45, 2.75) is 20.1 Å². The van der Waals surface area contributed by atoms with Gasteiger partial charge < -0.3 is 9.47 Å². The van der Waals surface area contributed by atoms with Gasteiger partial charge in [0.25, 0.3) is 0 Å². The molecule has 0 amide bonds. The summed E-state index contributed by atoms with van der Waals surface area (Å²) in [6, 6.07) is 0. The third-order valence-electron chi connectivity index (χ3n) is 1.34. The van der Waals surface area contributed by atoms with Crippen LogP contribution >= 0.6 is 15.9 Å². The number of hydrogen-bond acceptors (Lipinski definition) is 2. The predicted molar refractivity (Wildman–Crippen MR) is 63.4 cm³/mol. The SMILES string of the molecule is CCOC(\C=C/C=C/C=C/Br)OCC. The lowest BCUT2D eigenvalue weighted by atomic mass is 10.4. The fourth-order valence-electron chi connectivity index (χ4n) is 0.813. The zero-order valence-electron chi connectivity index (χ0n) is 8.65. The highest BCUT2D eigenvalue weighted by Crippen LogP contribution is 1.97. The molecule has 0 spiro atoms. The quantitative estimate of drug-likeness (QED) is 0.516. The summed E-state index contributed by atoms with van der Waals surface area (Å²) in [6.45, 7) is 5.20. The Morgan fingerprint density at radius 2 is 1.57 bits per heavy atom. The average Bonchev–Trinajstić information content (AvgIpc) is 2.18. The molecule has 0 unspecified atom stereocenters. The molecule has 0 aromatic rings. The van der Waals surface area contributed by atoms with Crippen LogP contribution in [0.25, 0.3) is 0 Å². The van der Waals surface area contributed by atoms with Crippen molar-refractivity contribution in [2.75, 3.05) is 13.2 Å². The maximum atomic E-state index is 5.32. The van der Waals surface area contributed by atoms with Gasteiger partial charge in [-0.3, -0.25) is 0 Å². The van der Waals surface area contributed by atoms with Gasteiger partial charge in [0.05, 0.1) is 0 Å². The van der Waals surface area contributed by atoms with Crippen molar-refractivity contribution in [3.05, 3.63) is 35.4 Å². The zero-order chi connectivity index (χ0) is 10.6. The first-order valence-electron chi connectivity index (χ1n) is 4.68. The topological polar surface area (TPSA) is 18.5 Å². The number of hydrogen-bond donors (Lipinski definition) is 0. The molecule has 0 atom stereocenters. The Morgan fingerprint density at radius 1 is 1.00 bits per heavy atom. The molecule has 80 valence electrons. The Kier molecular flexibility index (Phi) is 10.4. The van der Waals surface area contributed by atoms with Crippen LogP contribution in [-0.2, 0) is 9.47 Å². The van der Waals surface area contributed by atoms with Crippen LogP contribution in [0.5, 0.6) is 0 Å². The van der Waals surface area contributed by atoms with E-state index < -0.39 is 0 Å². The first-order valence-corrected chi connectivity index (χ1v) is 5.60. The van der Waals surface area contributed by atoms with Gasteiger partial charge in [-0.15, -0.1) is 0 Å². The molecule has 0 bridgehead atoms. The first-order chi connectivity index (χ1) is 6.85. The summed E-state index contributed by atoms with van der Waals surface area (Å²) < 4.78 is 10.6. The van der Waals surface area contributed by atoms with Gasteiger partial charge in [0, 0.05) is 13.2 Å².